The lowest BCUT2D eigenvalue weighted by Gasteiger charge is -2.30. The van der Waals surface area contributed by atoms with E-state index in [1.807, 2.05) is 19.1 Å². The van der Waals surface area contributed by atoms with Gasteiger partial charge >= 0.3 is 0 Å². The van der Waals surface area contributed by atoms with Crippen LogP contribution in [0.25, 0.3) is 0 Å². The first-order chi connectivity index (χ1) is 8.22. The van der Waals surface area contributed by atoms with Gasteiger partial charge in [-0.05, 0) is 50.9 Å². The Morgan fingerprint density at radius 3 is 3.00 bits per heavy atom. The van der Waals surface area contributed by atoms with Crippen molar-refractivity contribution in [3.63, 3.8) is 0 Å². The zero-order valence-corrected chi connectivity index (χ0v) is 10.6. The zero-order chi connectivity index (χ0) is 12.3. The molecule has 1 aromatic carbocycles. The monoisotopic (exact) mass is 237 g/mol. The summed E-state index contributed by atoms with van der Waals surface area (Å²) in [7, 11) is 2.09. The molecule has 0 N–H and O–H groups in total. The number of likely N-dealkylation sites (tertiary alicyclic amines) is 1. The van der Waals surface area contributed by atoms with Gasteiger partial charge in [0.25, 0.3) is 0 Å². The summed E-state index contributed by atoms with van der Waals surface area (Å²) in [5.41, 5.74) is 0.808. The highest BCUT2D eigenvalue weighted by Crippen LogP contribution is 2.31. The summed E-state index contributed by atoms with van der Waals surface area (Å²) in [5.74, 6) is 0.516. The van der Waals surface area contributed by atoms with Gasteiger partial charge in [0, 0.05) is 6.54 Å². The van der Waals surface area contributed by atoms with Crippen LogP contribution < -0.4 is 4.74 Å². The van der Waals surface area contributed by atoms with E-state index in [0.717, 1.165) is 31.5 Å². The summed E-state index contributed by atoms with van der Waals surface area (Å²) < 4.78 is 19.5. The number of halogens is 1. The summed E-state index contributed by atoms with van der Waals surface area (Å²) >= 11 is 0. The quantitative estimate of drug-likeness (QED) is 0.801. The van der Waals surface area contributed by atoms with Crippen LogP contribution in [0.15, 0.2) is 18.2 Å². The molecule has 1 aromatic rings. The highest BCUT2D eigenvalue weighted by Gasteiger charge is 2.23. The molecule has 0 aliphatic carbocycles. The van der Waals surface area contributed by atoms with Crippen LogP contribution in [0.2, 0.25) is 0 Å². The number of hydrogen-bond acceptors (Lipinski definition) is 2. The minimum atomic E-state index is -0.172. The van der Waals surface area contributed by atoms with E-state index >= 15 is 0 Å². The second kappa shape index (κ2) is 5.50. The molecule has 94 valence electrons. The first-order valence-corrected chi connectivity index (χ1v) is 6.32. The van der Waals surface area contributed by atoms with E-state index in [1.54, 1.807) is 6.07 Å². The molecule has 3 heteroatoms. The predicted octanol–water partition coefficient (Wildman–Crippen LogP) is 3.03. The maximum absolute atomic E-state index is 14.2. The molecule has 1 aliphatic rings. The van der Waals surface area contributed by atoms with Crippen LogP contribution in [0.5, 0.6) is 5.75 Å². The van der Waals surface area contributed by atoms with E-state index < -0.39 is 0 Å². The van der Waals surface area contributed by atoms with E-state index in [4.69, 9.17) is 4.74 Å². The van der Waals surface area contributed by atoms with Crippen molar-refractivity contribution in [2.24, 2.45) is 0 Å². The molecule has 0 saturated carbocycles. The number of hydrogen-bond donors (Lipinski definition) is 0. The molecule has 0 radical (unpaired) electrons. The van der Waals surface area contributed by atoms with Crippen LogP contribution in [0.1, 0.15) is 31.2 Å². The average Bonchev–Trinajstić information content (AvgIpc) is 2.32. The van der Waals surface area contributed by atoms with Crippen LogP contribution in [0.4, 0.5) is 4.39 Å². The van der Waals surface area contributed by atoms with Crippen LogP contribution in [0.3, 0.4) is 0 Å². The molecule has 2 nitrogen and oxygen atoms in total. The Morgan fingerprint density at radius 2 is 2.29 bits per heavy atom. The number of benzene rings is 1. The van der Waals surface area contributed by atoms with Crippen molar-refractivity contribution in [2.45, 2.75) is 25.7 Å². The first kappa shape index (κ1) is 12.4. The molecule has 1 heterocycles. The van der Waals surface area contributed by atoms with Gasteiger partial charge < -0.3 is 9.64 Å². The molecular formula is C14H20FNO. The fraction of sp³-hybridized carbons (Fsp3) is 0.571. The van der Waals surface area contributed by atoms with Crippen LogP contribution in [-0.2, 0) is 0 Å². The minimum absolute atomic E-state index is 0.172. The molecule has 1 atom stereocenters. The third kappa shape index (κ3) is 2.78. The van der Waals surface area contributed by atoms with Gasteiger partial charge in [0.1, 0.15) is 0 Å². The van der Waals surface area contributed by atoms with E-state index in [0.29, 0.717) is 18.3 Å². The second-order valence-corrected chi connectivity index (χ2v) is 4.69. The largest absolute Gasteiger partial charge is 0.491 e. The minimum Gasteiger partial charge on any atom is -0.491 e. The molecule has 2 rings (SSSR count). The molecule has 1 saturated heterocycles. The summed E-state index contributed by atoms with van der Waals surface area (Å²) in [5, 5.41) is 0. The molecule has 0 amide bonds. The number of nitrogens with zero attached hydrogens (tertiary/aromatic N) is 1. The molecule has 1 aliphatic heterocycles. The number of piperidine rings is 1. The van der Waals surface area contributed by atoms with Crippen molar-refractivity contribution in [1.82, 2.24) is 4.90 Å². The maximum Gasteiger partial charge on any atom is 0.168 e. The number of rotatable bonds is 3. The lowest BCUT2D eigenvalue weighted by Crippen LogP contribution is -2.31. The number of likely N-dealkylation sites (N-methyl/N-ethyl adjacent to an activating group) is 1. The third-order valence-corrected chi connectivity index (χ3v) is 3.36. The normalized spacial score (nSPS) is 21.5. The Kier molecular flexibility index (Phi) is 4.00. The van der Waals surface area contributed by atoms with Gasteiger partial charge in [-0.2, -0.15) is 0 Å². The maximum atomic E-state index is 14.2. The van der Waals surface area contributed by atoms with Crippen LogP contribution in [-0.4, -0.2) is 31.6 Å². The van der Waals surface area contributed by atoms with Gasteiger partial charge in [-0.3, -0.25) is 0 Å². The lowest BCUT2D eigenvalue weighted by atomic mass is 9.90. The molecule has 0 aromatic heterocycles. The van der Waals surface area contributed by atoms with E-state index in [2.05, 4.69) is 11.9 Å². The average molecular weight is 237 g/mol. The molecule has 0 bridgehead atoms. The Morgan fingerprint density at radius 1 is 1.47 bits per heavy atom. The van der Waals surface area contributed by atoms with Gasteiger partial charge in [-0.25, -0.2) is 4.39 Å². The van der Waals surface area contributed by atoms with Crippen LogP contribution >= 0.6 is 0 Å². The SMILES string of the molecule is CCOc1cccc(C2CCCN(C)C2)c1F. The molecule has 0 spiro atoms. The zero-order valence-electron chi connectivity index (χ0n) is 10.6. The molecular weight excluding hydrogens is 217 g/mol. The highest BCUT2D eigenvalue weighted by atomic mass is 19.1. The Bertz CT molecular complexity index is 380. The highest BCUT2D eigenvalue weighted by molar-refractivity contribution is 5.33. The molecule has 1 fully saturated rings. The Labute approximate surface area is 102 Å². The number of ether oxygens (including phenoxy) is 1. The van der Waals surface area contributed by atoms with Gasteiger partial charge in [0.2, 0.25) is 0 Å². The Balaban J connectivity index is 2.22. The molecule has 1 unspecified atom stereocenters. The molecule has 17 heavy (non-hydrogen) atoms. The summed E-state index contributed by atoms with van der Waals surface area (Å²) in [6.45, 7) is 4.43. The van der Waals surface area contributed by atoms with Crippen molar-refractivity contribution >= 4 is 0 Å². The van der Waals surface area contributed by atoms with Gasteiger partial charge in [-0.15, -0.1) is 0 Å². The van der Waals surface area contributed by atoms with Crippen molar-refractivity contribution in [1.29, 1.82) is 0 Å². The smallest absolute Gasteiger partial charge is 0.168 e. The van der Waals surface area contributed by atoms with Crippen molar-refractivity contribution in [3.05, 3.63) is 29.6 Å². The van der Waals surface area contributed by atoms with Crippen molar-refractivity contribution in [2.75, 3.05) is 26.7 Å². The Hall–Kier alpha value is -1.09. The summed E-state index contributed by atoms with van der Waals surface area (Å²) in [6, 6.07) is 5.48. The summed E-state index contributed by atoms with van der Waals surface area (Å²) in [4.78, 5) is 2.26. The summed E-state index contributed by atoms with van der Waals surface area (Å²) in [6.07, 6.45) is 2.20. The lowest BCUT2D eigenvalue weighted by molar-refractivity contribution is 0.246. The van der Waals surface area contributed by atoms with Crippen molar-refractivity contribution < 1.29 is 9.13 Å². The second-order valence-electron chi connectivity index (χ2n) is 4.69. The van der Waals surface area contributed by atoms with E-state index in [9.17, 15) is 4.39 Å². The van der Waals surface area contributed by atoms with E-state index in [-0.39, 0.29) is 5.82 Å². The van der Waals surface area contributed by atoms with Gasteiger partial charge in [-0.1, -0.05) is 12.1 Å². The topological polar surface area (TPSA) is 12.5 Å². The fourth-order valence-electron chi connectivity index (χ4n) is 2.53. The van der Waals surface area contributed by atoms with Gasteiger partial charge in [0.15, 0.2) is 11.6 Å². The van der Waals surface area contributed by atoms with Gasteiger partial charge in [0.05, 0.1) is 6.61 Å². The van der Waals surface area contributed by atoms with E-state index in [1.165, 1.54) is 0 Å². The fourth-order valence-corrected chi connectivity index (χ4v) is 2.53. The third-order valence-electron chi connectivity index (χ3n) is 3.36. The van der Waals surface area contributed by atoms with Crippen LogP contribution in [0, 0.1) is 5.82 Å². The first-order valence-electron chi connectivity index (χ1n) is 6.32. The standard InChI is InChI=1S/C14H20FNO/c1-3-17-13-8-4-7-12(14(13)15)11-6-5-9-16(2)10-11/h4,7-8,11H,3,5-6,9-10H2,1-2H3. The van der Waals surface area contributed by atoms with Crippen molar-refractivity contribution in [3.8, 4) is 5.75 Å². The predicted molar refractivity (Wildman–Crippen MR) is 67.0 cm³/mol.